The molecule has 0 spiro atoms. The van der Waals surface area contributed by atoms with Crippen LogP contribution in [-0.4, -0.2) is 107 Å². The van der Waals surface area contributed by atoms with Crippen molar-refractivity contribution in [3.63, 3.8) is 0 Å². The molecule has 0 unspecified atom stereocenters. The topological polar surface area (TPSA) is 197 Å². The van der Waals surface area contributed by atoms with Crippen molar-refractivity contribution in [3.8, 4) is 34.5 Å². The zero-order valence-electron chi connectivity index (χ0n) is 21.2. The van der Waals surface area contributed by atoms with Crippen molar-refractivity contribution >= 4 is 6.08 Å². The van der Waals surface area contributed by atoms with Crippen LogP contribution in [-0.2, 0) is 4.74 Å². The third-order valence-corrected chi connectivity index (χ3v) is 6.41. The molecule has 4 rings (SSSR count). The van der Waals surface area contributed by atoms with Crippen molar-refractivity contribution in [3.05, 3.63) is 41.5 Å². The van der Waals surface area contributed by atoms with Crippen LogP contribution >= 0.6 is 0 Å². The summed E-state index contributed by atoms with van der Waals surface area (Å²) in [4.78, 5) is 0. The van der Waals surface area contributed by atoms with E-state index in [0.717, 1.165) is 0 Å². The van der Waals surface area contributed by atoms with E-state index in [2.05, 4.69) is 0 Å². The van der Waals surface area contributed by atoms with Crippen LogP contribution in [0.5, 0.6) is 34.5 Å². The number of ether oxygens (including phenoxy) is 6. The molecule has 214 valence electrons. The van der Waals surface area contributed by atoms with Crippen molar-refractivity contribution in [2.45, 2.75) is 42.9 Å². The zero-order chi connectivity index (χ0) is 28.3. The Morgan fingerprint density at radius 3 is 2.21 bits per heavy atom. The van der Waals surface area contributed by atoms with Gasteiger partial charge in [0, 0.05) is 5.56 Å². The van der Waals surface area contributed by atoms with Crippen molar-refractivity contribution in [2.24, 2.45) is 0 Å². The standard InChI is InChI=1S/C26H32O13/c1-34-15-6-12(4-3-5-27)7-17-25(15)37-19(11-29)23(36-17)13-8-14(30)24(16(9-13)35-2)39-26-22(33)21(32)20(31)18(10-28)38-26/h3-4,6-9,18-23,26-33H,5,10-11H2,1-2H3/b4-3+/t18-,19+,20-,21+,22-,23+,26+/m1/s1. The Hall–Kier alpha value is -3.30. The smallest absolute Gasteiger partial charge is 0.229 e. The third-order valence-electron chi connectivity index (χ3n) is 6.41. The van der Waals surface area contributed by atoms with Gasteiger partial charge in [-0.05, 0) is 29.8 Å². The Balaban J connectivity index is 1.66. The maximum atomic E-state index is 10.9. The summed E-state index contributed by atoms with van der Waals surface area (Å²) < 4.78 is 33.9. The third kappa shape index (κ3) is 5.70. The van der Waals surface area contributed by atoms with Gasteiger partial charge in [-0.25, -0.2) is 0 Å². The van der Waals surface area contributed by atoms with E-state index in [-0.39, 0.29) is 23.9 Å². The van der Waals surface area contributed by atoms with E-state index in [9.17, 15) is 30.6 Å². The summed E-state index contributed by atoms with van der Waals surface area (Å²) in [5.74, 6) is 0.205. The molecular formula is C26H32O13. The molecule has 2 aliphatic rings. The van der Waals surface area contributed by atoms with Crippen LogP contribution in [0.2, 0.25) is 0 Å². The van der Waals surface area contributed by atoms with E-state index in [1.807, 2.05) is 0 Å². The molecule has 0 bridgehead atoms. The maximum absolute atomic E-state index is 10.9. The van der Waals surface area contributed by atoms with Crippen LogP contribution in [0, 0.1) is 0 Å². The lowest BCUT2D eigenvalue weighted by atomic mass is 9.99. The highest BCUT2D eigenvalue weighted by Crippen LogP contribution is 2.48. The molecule has 0 saturated carbocycles. The number of hydrogen-bond donors (Lipinski definition) is 7. The molecule has 2 heterocycles. The minimum atomic E-state index is -1.71. The Morgan fingerprint density at radius 2 is 1.56 bits per heavy atom. The molecule has 1 saturated heterocycles. The number of rotatable bonds is 9. The molecule has 7 N–H and O–H groups in total. The van der Waals surface area contributed by atoms with Gasteiger partial charge in [-0.2, -0.15) is 0 Å². The number of phenols is 1. The average Bonchev–Trinajstić information content (AvgIpc) is 2.95. The van der Waals surface area contributed by atoms with Crippen LogP contribution in [0.25, 0.3) is 6.08 Å². The summed E-state index contributed by atoms with van der Waals surface area (Å²) in [7, 11) is 2.76. The normalized spacial score (nSPS) is 28.4. The predicted molar refractivity (Wildman–Crippen MR) is 133 cm³/mol. The largest absolute Gasteiger partial charge is 0.504 e. The minimum absolute atomic E-state index is 0.00902. The number of hydrogen-bond acceptors (Lipinski definition) is 13. The van der Waals surface area contributed by atoms with E-state index < -0.39 is 61.9 Å². The van der Waals surface area contributed by atoms with Gasteiger partial charge in [0.1, 0.15) is 24.4 Å². The van der Waals surface area contributed by atoms with Gasteiger partial charge in [0.05, 0.1) is 34.0 Å². The molecule has 2 aromatic rings. The van der Waals surface area contributed by atoms with Gasteiger partial charge in [0.2, 0.25) is 17.8 Å². The SMILES string of the molecule is COc1cc([C@@H]2Oc3cc(/C=C/CO)cc(OC)c3O[C@H]2CO)cc(O)c1O[C@@H]1O[C@H](CO)[C@@H](O)[C@H](O)[C@H]1O. The summed E-state index contributed by atoms with van der Waals surface area (Å²) in [5, 5.41) is 69.8. The first-order valence-electron chi connectivity index (χ1n) is 12.1. The summed E-state index contributed by atoms with van der Waals surface area (Å²) >= 11 is 0. The number of aliphatic hydroxyl groups is 6. The number of methoxy groups -OCH3 is 2. The van der Waals surface area contributed by atoms with Gasteiger partial charge in [0.15, 0.2) is 35.2 Å². The molecule has 13 heteroatoms. The maximum Gasteiger partial charge on any atom is 0.229 e. The predicted octanol–water partition coefficient (Wildman–Crippen LogP) is -0.533. The highest BCUT2D eigenvalue weighted by Gasteiger charge is 2.45. The molecule has 2 aliphatic heterocycles. The Labute approximate surface area is 223 Å². The first-order valence-corrected chi connectivity index (χ1v) is 12.1. The fourth-order valence-corrected chi connectivity index (χ4v) is 4.40. The van der Waals surface area contributed by atoms with Crippen LogP contribution in [0.15, 0.2) is 30.3 Å². The first-order chi connectivity index (χ1) is 18.8. The summed E-state index contributed by atoms with van der Waals surface area (Å²) in [6, 6.07) is 6.10. The summed E-state index contributed by atoms with van der Waals surface area (Å²) in [6.07, 6.45) is -6.38. The molecule has 2 aromatic carbocycles. The van der Waals surface area contributed by atoms with E-state index >= 15 is 0 Å². The number of fused-ring (bicyclic) bond motifs is 1. The van der Waals surface area contributed by atoms with Crippen molar-refractivity contribution in [2.75, 3.05) is 34.0 Å². The second-order valence-electron chi connectivity index (χ2n) is 8.90. The summed E-state index contributed by atoms with van der Waals surface area (Å²) in [5.41, 5.74) is 0.999. The Morgan fingerprint density at radius 1 is 0.846 bits per heavy atom. The average molecular weight is 553 g/mol. The van der Waals surface area contributed by atoms with E-state index in [1.165, 1.54) is 32.4 Å². The van der Waals surface area contributed by atoms with Crippen molar-refractivity contribution in [1.82, 2.24) is 0 Å². The van der Waals surface area contributed by atoms with Gasteiger partial charge in [-0.15, -0.1) is 0 Å². The number of aliphatic hydroxyl groups excluding tert-OH is 6. The number of aromatic hydroxyl groups is 1. The van der Waals surface area contributed by atoms with Crippen molar-refractivity contribution < 1.29 is 64.2 Å². The summed E-state index contributed by atoms with van der Waals surface area (Å²) in [6.45, 7) is -1.27. The Bertz CT molecular complexity index is 1170. The molecule has 0 radical (unpaired) electrons. The lowest BCUT2D eigenvalue weighted by molar-refractivity contribution is -0.277. The minimum Gasteiger partial charge on any atom is -0.504 e. The fourth-order valence-electron chi connectivity index (χ4n) is 4.40. The molecule has 0 aliphatic carbocycles. The molecule has 1 fully saturated rings. The van der Waals surface area contributed by atoms with E-state index in [1.54, 1.807) is 18.2 Å². The highest BCUT2D eigenvalue weighted by atomic mass is 16.7. The lowest BCUT2D eigenvalue weighted by Gasteiger charge is -2.39. The second kappa shape index (κ2) is 12.3. The lowest BCUT2D eigenvalue weighted by Crippen LogP contribution is -2.60. The van der Waals surface area contributed by atoms with Gasteiger partial charge < -0.3 is 64.2 Å². The van der Waals surface area contributed by atoms with Crippen molar-refractivity contribution in [1.29, 1.82) is 0 Å². The van der Waals surface area contributed by atoms with Gasteiger partial charge in [-0.1, -0.05) is 12.2 Å². The first kappa shape index (κ1) is 28.7. The zero-order valence-corrected chi connectivity index (χ0v) is 21.2. The van der Waals surface area contributed by atoms with Crippen LogP contribution in [0.1, 0.15) is 17.2 Å². The molecule has 13 nitrogen and oxygen atoms in total. The van der Waals surface area contributed by atoms with Gasteiger partial charge in [-0.3, -0.25) is 0 Å². The van der Waals surface area contributed by atoms with Gasteiger partial charge in [0.25, 0.3) is 0 Å². The molecular weight excluding hydrogens is 520 g/mol. The molecule has 7 atom stereocenters. The van der Waals surface area contributed by atoms with Crippen LogP contribution in [0.3, 0.4) is 0 Å². The molecule has 0 amide bonds. The van der Waals surface area contributed by atoms with Crippen LogP contribution in [0.4, 0.5) is 0 Å². The van der Waals surface area contributed by atoms with E-state index in [4.69, 9.17) is 33.5 Å². The Kier molecular flexibility index (Phi) is 9.02. The molecule has 39 heavy (non-hydrogen) atoms. The van der Waals surface area contributed by atoms with E-state index in [0.29, 0.717) is 22.6 Å². The fraction of sp³-hybridized carbons (Fsp3) is 0.462. The second-order valence-corrected chi connectivity index (χ2v) is 8.90. The number of benzene rings is 2. The number of phenolic OH excluding ortho intramolecular Hbond substituents is 1. The quantitative estimate of drug-likeness (QED) is 0.210. The molecule has 0 aromatic heterocycles. The highest BCUT2D eigenvalue weighted by molar-refractivity contribution is 5.63. The van der Waals surface area contributed by atoms with Crippen LogP contribution < -0.4 is 23.7 Å². The van der Waals surface area contributed by atoms with Gasteiger partial charge >= 0.3 is 0 Å². The monoisotopic (exact) mass is 552 g/mol.